The minimum absolute atomic E-state index is 0.160. The number of benzene rings is 1. The van der Waals surface area contributed by atoms with Gasteiger partial charge in [-0.2, -0.15) is 5.10 Å². The Morgan fingerprint density at radius 3 is 2.82 bits per heavy atom. The second kappa shape index (κ2) is 5.65. The van der Waals surface area contributed by atoms with Crippen LogP contribution in [-0.4, -0.2) is 26.2 Å². The molecule has 2 aromatic heterocycles. The van der Waals surface area contributed by atoms with Crippen molar-refractivity contribution in [1.82, 2.24) is 15.2 Å². The summed E-state index contributed by atoms with van der Waals surface area (Å²) in [6.45, 7) is 0. The maximum Gasteiger partial charge on any atom is 0.259 e. The number of nitrogens with one attached hydrogen (secondary N) is 2. The maximum atomic E-state index is 13.9. The van der Waals surface area contributed by atoms with Crippen LogP contribution in [0.15, 0.2) is 48.9 Å². The largest absolute Gasteiger partial charge is 0.504 e. The van der Waals surface area contributed by atoms with Gasteiger partial charge in [-0.05, 0) is 18.2 Å². The third-order valence-electron chi connectivity index (χ3n) is 3.08. The van der Waals surface area contributed by atoms with E-state index in [-0.39, 0.29) is 28.3 Å². The quantitative estimate of drug-likeness (QED) is 0.693. The number of hydrogen-bond donors (Lipinski definition) is 3. The lowest BCUT2D eigenvalue weighted by Crippen LogP contribution is -2.12. The normalized spacial score (nSPS) is 10.4. The molecule has 6 nitrogen and oxygen atoms in total. The van der Waals surface area contributed by atoms with Crippen LogP contribution in [0.2, 0.25) is 0 Å². The van der Waals surface area contributed by atoms with Crippen LogP contribution in [0, 0.1) is 5.82 Å². The first kappa shape index (κ1) is 13.7. The number of carbonyl (C=O) groups is 1. The fourth-order valence-electron chi connectivity index (χ4n) is 2.01. The van der Waals surface area contributed by atoms with Crippen molar-refractivity contribution in [3.63, 3.8) is 0 Å². The van der Waals surface area contributed by atoms with E-state index in [1.54, 1.807) is 18.2 Å². The van der Waals surface area contributed by atoms with Crippen LogP contribution in [0.5, 0.6) is 5.75 Å². The first-order chi connectivity index (χ1) is 10.7. The first-order valence-electron chi connectivity index (χ1n) is 6.39. The van der Waals surface area contributed by atoms with Gasteiger partial charge in [0.1, 0.15) is 5.82 Å². The number of pyridine rings is 1. The molecule has 2 heterocycles. The van der Waals surface area contributed by atoms with Gasteiger partial charge in [0.05, 0.1) is 29.3 Å². The van der Waals surface area contributed by atoms with E-state index in [4.69, 9.17) is 0 Å². The molecule has 0 spiro atoms. The van der Waals surface area contributed by atoms with Crippen molar-refractivity contribution in [2.75, 3.05) is 5.32 Å². The Balaban J connectivity index is 1.94. The number of hydrogen-bond acceptors (Lipinski definition) is 4. The molecule has 0 aliphatic carbocycles. The van der Waals surface area contributed by atoms with E-state index in [9.17, 15) is 14.3 Å². The zero-order valence-electron chi connectivity index (χ0n) is 11.2. The highest BCUT2D eigenvalue weighted by molar-refractivity contribution is 6.08. The second-order valence-corrected chi connectivity index (χ2v) is 4.49. The fourth-order valence-corrected chi connectivity index (χ4v) is 2.01. The molecule has 0 aliphatic heterocycles. The summed E-state index contributed by atoms with van der Waals surface area (Å²) in [5.41, 5.74) is 0.884. The van der Waals surface area contributed by atoms with E-state index in [1.165, 1.54) is 30.7 Å². The third-order valence-corrected chi connectivity index (χ3v) is 3.08. The van der Waals surface area contributed by atoms with Crippen molar-refractivity contribution < 1.29 is 14.3 Å². The molecule has 1 amide bonds. The van der Waals surface area contributed by atoms with Crippen molar-refractivity contribution in [2.24, 2.45) is 0 Å². The van der Waals surface area contributed by atoms with E-state index in [2.05, 4.69) is 20.5 Å². The minimum atomic E-state index is -0.520. The highest BCUT2D eigenvalue weighted by Crippen LogP contribution is 2.26. The molecule has 0 bridgehead atoms. The minimum Gasteiger partial charge on any atom is -0.504 e. The van der Waals surface area contributed by atoms with E-state index in [0.29, 0.717) is 0 Å². The van der Waals surface area contributed by atoms with Gasteiger partial charge >= 0.3 is 0 Å². The summed E-state index contributed by atoms with van der Waals surface area (Å²) in [4.78, 5) is 16.0. The molecule has 0 unspecified atom stereocenters. The Kier molecular flexibility index (Phi) is 3.53. The van der Waals surface area contributed by atoms with Gasteiger partial charge in [0, 0.05) is 11.8 Å². The van der Waals surface area contributed by atoms with Gasteiger partial charge in [-0.3, -0.25) is 14.9 Å². The van der Waals surface area contributed by atoms with Crippen LogP contribution in [0.4, 0.5) is 10.1 Å². The molecule has 22 heavy (non-hydrogen) atoms. The third kappa shape index (κ3) is 2.51. The Labute approximate surface area is 124 Å². The lowest BCUT2D eigenvalue weighted by atomic mass is 10.1. The van der Waals surface area contributed by atoms with Gasteiger partial charge in [0.15, 0.2) is 5.75 Å². The molecule has 3 N–H and O–H groups in total. The summed E-state index contributed by atoms with van der Waals surface area (Å²) in [7, 11) is 0. The van der Waals surface area contributed by atoms with E-state index in [0.717, 1.165) is 0 Å². The summed E-state index contributed by atoms with van der Waals surface area (Å²) < 4.78 is 13.9. The molecule has 0 saturated heterocycles. The number of aromatic hydroxyl groups is 1. The summed E-state index contributed by atoms with van der Waals surface area (Å²) >= 11 is 0. The number of anilines is 1. The molecular weight excluding hydrogens is 287 g/mol. The number of H-pyrrole nitrogens is 1. The lowest BCUT2D eigenvalue weighted by molar-refractivity contribution is 0.102. The summed E-state index contributed by atoms with van der Waals surface area (Å²) in [5.74, 6) is -1.15. The molecule has 0 atom stereocenters. The summed E-state index contributed by atoms with van der Waals surface area (Å²) in [6.07, 6.45) is 3.95. The topological polar surface area (TPSA) is 90.9 Å². The molecule has 3 rings (SSSR count). The highest BCUT2D eigenvalue weighted by Gasteiger charge is 2.18. The Morgan fingerprint density at radius 2 is 2.05 bits per heavy atom. The van der Waals surface area contributed by atoms with E-state index < -0.39 is 11.7 Å². The van der Waals surface area contributed by atoms with Gasteiger partial charge in [-0.1, -0.05) is 12.1 Å². The van der Waals surface area contributed by atoms with Gasteiger partial charge < -0.3 is 10.4 Å². The van der Waals surface area contributed by atoms with Crippen LogP contribution < -0.4 is 5.32 Å². The average molecular weight is 298 g/mol. The SMILES string of the molecule is O=C(Nc1ccncc1O)c1cn[nH]c1-c1ccccc1F. The predicted molar refractivity (Wildman–Crippen MR) is 77.8 cm³/mol. The molecule has 0 aliphatic rings. The molecule has 7 heteroatoms. The first-order valence-corrected chi connectivity index (χ1v) is 6.39. The average Bonchev–Trinajstić information content (AvgIpc) is 2.99. The van der Waals surface area contributed by atoms with E-state index >= 15 is 0 Å². The zero-order valence-corrected chi connectivity index (χ0v) is 11.2. The maximum absolute atomic E-state index is 13.9. The second-order valence-electron chi connectivity index (χ2n) is 4.49. The molecule has 0 fully saturated rings. The van der Waals surface area contributed by atoms with Gasteiger partial charge in [-0.25, -0.2) is 4.39 Å². The van der Waals surface area contributed by atoms with Gasteiger partial charge in [0.2, 0.25) is 0 Å². The Morgan fingerprint density at radius 1 is 1.23 bits per heavy atom. The molecule has 0 radical (unpaired) electrons. The van der Waals surface area contributed by atoms with Crippen LogP contribution in [0.3, 0.4) is 0 Å². The van der Waals surface area contributed by atoms with Crippen molar-refractivity contribution in [2.45, 2.75) is 0 Å². The lowest BCUT2D eigenvalue weighted by Gasteiger charge is -2.07. The summed E-state index contributed by atoms with van der Waals surface area (Å²) in [6, 6.07) is 7.52. The zero-order chi connectivity index (χ0) is 15.5. The molecule has 110 valence electrons. The van der Waals surface area contributed by atoms with Crippen molar-refractivity contribution in [3.8, 4) is 17.0 Å². The number of amides is 1. The highest BCUT2D eigenvalue weighted by atomic mass is 19.1. The monoisotopic (exact) mass is 298 g/mol. The Bertz CT molecular complexity index is 832. The molecule has 3 aromatic rings. The Hall–Kier alpha value is -3.22. The summed E-state index contributed by atoms with van der Waals surface area (Å²) in [5, 5.41) is 18.6. The number of aromatic nitrogens is 3. The predicted octanol–water partition coefficient (Wildman–Crippen LogP) is 2.57. The van der Waals surface area contributed by atoms with Crippen LogP contribution >= 0.6 is 0 Å². The smallest absolute Gasteiger partial charge is 0.259 e. The number of aromatic amines is 1. The molecular formula is C15H11FN4O2. The standard InChI is InChI=1S/C15H11FN4O2/c16-11-4-2-1-3-9(11)14-10(7-18-20-14)15(22)19-12-5-6-17-8-13(12)21/h1-8,21H,(H,18,20)(H,17,19,22). The van der Waals surface area contributed by atoms with Gasteiger partial charge in [0.25, 0.3) is 5.91 Å². The van der Waals surface area contributed by atoms with Gasteiger partial charge in [-0.15, -0.1) is 0 Å². The molecule has 0 saturated carbocycles. The number of rotatable bonds is 3. The van der Waals surface area contributed by atoms with E-state index in [1.807, 2.05) is 0 Å². The number of nitrogens with zero attached hydrogens (tertiary/aromatic N) is 2. The van der Waals surface area contributed by atoms with Crippen molar-refractivity contribution in [3.05, 3.63) is 60.3 Å². The number of carbonyl (C=O) groups excluding carboxylic acids is 1. The fraction of sp³-hybridized carbons (Fsp3) is 0. The molecule has 1 aromatic carbocycles. The van der Waals surface area contributed by atoms with Crippen molar-refractivity contribution in [1.29, 1.82) is 0 Å². The number of halogens is 1. The van der Waals surface area contributed by atoms with Crippen molar-refractivity contribution >= 4 is 11.6 Å². The van der Waals surface area contributed by atoms with Crippen LogP contribution in [0.1, 0.15) is 10.4 Å². The van der Waals surface area contributed by atoms with Crippen LogP contribution in [0.25, 0.3) is 11.3 Å². The van der Waals surface area contributed by atoms with Crippen LogP contribution in [-0.2, 0) is 0 Å².